The number of hydrogen-bond donors (Lipinski definition) is 1. The minimum absolute atomic E-state index is 0.0372. The molecule has 1 aromatic heterocycles. The highest BCUT2D eigenvalue weighted by molar-refractivity contribution is 5.95. The van der Waals surface area contributed by atoms with Crippen molar-refractivity contribution in [3.05, 3.63) is 36.2 Å². The second kappa shape index (κ2) is 12.8. The number of aliphatic hydroxyl groups excluding tert-OH is 1. The number of esters is 1. The predicted octanol–water partition coefficient (Wildman–Crippen LogP) is 2.33. The summed E-state index contributed by atoms with van der Waals surface area (Å²) in [6.45, 7) is 8.38. The van der Waals surface area contributed by atoms with E-state index in [1.807, 2.05) is 18.2 Å². The molecule has 1 unspecified atom stereocenters. The summed E-state index contributed by atoms with van der Waals surface area (Å²) in [6.07, 6.45) is 13.3. The van der Waals surface area contributed by atoms with Gasteiger partial charge >= 0.3 is 5.97 Å². The van der Waals surface area contributed by atoms with E-state index in [0.717, 1.165) is 31.7 Å². The zero-order valence-corrected chi connectivity index (χ0v) is 20.6. The highest BCUT2D eigenvalue weighted by Crippen LogP contribution is 2.19. The largest absolute Gasteiger partial charge is 0.462 e. The molecule has 34 heavy (non-hydrogen) atoms. The van der Waals surface area contributed by atoms with Gasteiger partial charge in [0.2, 0.25) is 0 Å². The van der Waals surface area contributed by atoms with E-state index in [-0.39, 0.29) is 37.8 Å². The van der Waals surface area contributed by atoms with Crippen molar-refractivity contribution in [2.45, 2.75) is 64.7 Å². The van der Waals surface area contributed by atoms with Gasteiger partial charge < -0.3 is 24.4 Å². The van der Waals surface area contributed by atoms with Gasteiger partial charge in [0.05, 0.1) is 36.3 Å². The molecule has 2 aliphatic rings. The molecule has 1 aromatic rings. The first-order valence-corrected chi connectivity index (χ1v) is 12.3. The fourth-order valence-corrected chi connectivity index (χ4v) is 4.30. The van der Waals surface area contributed by atoms with Crippen molar-refractivity contribution < 1.29 is 24.2 Å². The Kier molecular flexibility index (Phi) is 9.86. The van der Waals surface area contributed by atoms with Crippen molar-refractivity contribution >= 4 is 17.6 Å². The van der Waals surface area contributed by atoms with Gasteiger partial charge in [-0.1, -0.05) is 12.2 Å². The maximum atomic E-state index is 12.9. The van der Waals surface area contributed by atoms with Crippen LogP contribution in [0.2, 0.25) is 0 Å². The zero-order valence-electron chi connectivity index (χ0n) is 20.6. The number of carbonyl (C=O) groups is 2. The number of allylic oxidation sites excluding steroid dienone is 2. The third-order valence-electron chi connectivity index (χ3n) is 6.09. The van der Waals surface area contributed by atoms with Crippen LogP contribution in [0.25, 0.3) is 5.70 Å². The number of nitrogens with zero attached hydrogens (tertiary/aromatic N) is 4. The van der Waals surface area contributed by atoms with Gasteiger partial charge in [0.25, 0.3) is 5.91 Å². The lowest BCUT2D eigenvalue weighted by Gasteiger charge is -2.22. The third kappa shape index (κ3) is 7.51. The lowest BCUT2D eigenvalue weighted by Crippen LogP contribution is -2.38. The van der Waals surface area contributed by atoms with Crippen molar-refractivity contribution in [3.63, 3.8) is 0 Å². The van der Waals surface area contributed by atoms with Crippen LogP contribution >= 0.6 is 0 Å². The molecular formula is C25H38N4O5. The number of aromatic nitrogens is 2. The number of rotatable bonds is 12. The molecule has 9 nitrogen and oxygen atoms in total. The monoisotopic (exact) mass is 474 g/mol. The quantitative estimate of drug-likeness (QED) is 0.367. The van der Waals surface area contributed by atoms with Crippen LogP contribution in [0.3, 0.4) is 0 Å². The van der Waals surface area contributed by atoms with Crippen LogP contribution in [-0.4, -0.2) is 94.2 Å². The van der Waals surface area contributed by atoms with Gasteiger partial charge in [0.15, 0.2) is 0 Å². The van der Waals surface area contributed by atoms with Crippen LogP contribution in [0.5, 0.6) is 0 Å². The van der Waals surface area contributed by atoms with Crippen LogP contribution in [0.15, 0.2) is 30.6 Å². The minimum atomic E-state index is -0.511. The van der Waals surface area contributed by atoms with Gasteiger partial charge in [-0.05, 0) is 59.1 Å². The molecule has 1 aliphatic carbocycles. The summed E-state index contributed by atoms with van der Waals surface area (Å²) in [5, 5.41) is 13.6. The van der Waals surface area contributed by atoms with Crippen molar-refractivity contribution in [2.75, 3.05) is 39.4 Å². The Morgan fingerprint density at radius 2 is 2.18 bits per heavy atom. The van der Waals surface area contributed by atoms with E-state index in [9.17, 15) is 14.7 Å². The molecule has 188 valence electrons. The summed E-state index contributed by atoms with van der Waals surface area (Å²) in [4.78, 5) is 28.6. The number of aliphatic hydroxyl groups is 1. The lowest BCUT2D eigenvalue weighted by molar-refractivity contribution is -0.148. The van der Waals surface area contributed by atoms with E-state index < -0.39 is 5.97 Å². The van der Waals surface area contributed by atoms with Crippen LogP contribution < -0.4 is 0 Å². The maximum absolute atomic E-state index is 12.9. The van der Waals surface area contributed by atoms with E-state index in [4.69, 9.17) is 9.47 Å². The Morgan fingerprint density at radius 3 is 2.82 bits per heavy atom. The summed E-state index contributed by atoms with van der Waals surface area (Å²) in [7, 11) is 0. The van der Waals surface area contributed by atoms with Gasteiger partial charge in [0.1, 0.15) is 6.54 Å². The number of amides is 1. The molecule has 9 heteroatoms. The Morgan fingerprint density at radius 1 is 1.35 bits per heavy atom. The van der Waals surface area contributed by atoms with Crippen molar-refractivity contribution in [2.24, 2.45) is 0 Å². The smallest absolute Gasteiger partial charge is 0.325 e. The molecule has 1 fully saturated rings. The highest BCUT2D eigenvalue weighted by atomic mass is 16.5. The summed E-state index contributed by atoms with van der Waals surface area (Å²) in [5.74, 6) is -0.891. The van der Waals surface area contributed by atoms with Gasteiger partial charge in [-0.25, -0.2) is 4.68 Å². The molecule has 0 radical (unpaired) electrons. The third-order valence-corrected chi connectivity index (χ3v) is 6.09. The molecule has 0 saturated carbocycles. The minimum Gasteiger partial charge on any atom is -0.462 e. The fraction of sp³-hybridized carbons (Fsp3) is 0.640. The molecule has 1 N–H and O–H groups in total. The van der Waals surface area contributed by atoms with Crippen molar-refractivity contribution in [3.8, 4) is 0 Å². The standard InChI is InChI=1S/C25H38N4O5/c1-19(2)34-24(31)18-28(13-14-30)25(32)21-16-26-29(17-21)22-7-9-23(10-8-22)33-15-5-12-27-11-4-6-20(27)3/h7-9,16-17,19-20,23,30H,4-6,10-15,18H2,1-3H3/t20-,23?/m1/s1. The Labute approximate surface area is 202 Å². The second-order valence-electron chi connectivity index (χ2n) is 9.18. The van der Waals surface area contributed by atoms with Crippen LogP contribution in [-0.2, 0) is 14.3 Å². The zero-order chi connectivity index (χ0) is 24.5. The van der Waals surface area contributed by atoms with E-state index >= 15 is 0 Å². The Hall–Kier alpha value is -2.49. The summed E-state index contributed by atoms with van der Waals surface area (Å²) < 4.78 is 12.8. The molecule has 1 amide bonds. The molecule has 0 bridgehead atoms. The van der Waals surface area contributed by atoms with E-state index in [0.29, 0.717) is 11.6 Å². The molecule has 1 aliphatic heterocycles. The molecule has 2 heterocycles. The second-order valence-corrected chi connectivity index (χ2v) is 9.18. The molecule has 0 aromatic carbocycles. The van der Waals surface area contributed by atoms with Crippen molar-refractivity contribution in [1.82, 2.24) is 19.6 Å². The van der Waals surface area contributed by atoms with Gasteiger partial charge in [-0.15, -0.1) is 0 Å². The summed E-state index contributed by atoms with van der Waals surface area (Å²) in [5.41, 5.74) is 1.20. The topological polar surface area (TPSA) is 97.1 Å². The molecule has 2 atom stereocenters. The van der Waals surface area contributed by atoms with Crippen LogP contribution in [0.1, 0.15) is 56.8 Å². The molecule has 0 spiro atoms. The first kappa shape index (κ1) is 26.1. The molecule has 3 rings (SSSR count). The average Bonchev–Trinajstić information content (AvgIpc) is 3.45. The number of hydrogen-bond acceptors (Lipinski definition) is 7. The first-order valence-electron chi connectivity index (χ1n) is 12.3. The van der Waals surface area contributed by atoms with E-state index in [1.165, 1.54) is 30.5 Å². The van der Waals surface area contributed by atoms with E-state index in [1.54, 1.807) is 24.7 Å². The molecular weight excluding hydrogens is 436 g/mol. The normalized spacial score (nSPS) is 20.6. The lowest BCUT2D eigenvalue weighted by atomic mass is 10.1. The summed E-state index contributed by atoms with van der Waals surface area (Å²) in [6, 6.07) is 0.690. The number of ether oxygens (including phenoxy) is 2. The molecule has 1 saturated heterocycles. The highest BCUT2D eigenvalue weighted by Gasteiger charge is 2.22. The fourth-order valence-electron chi connectivity index (χ4n) is 4.30. The number of likely N-dealkylation sites (tertiary alicyclic amines) is 1. The Bertz CT molecular complexity index is 878. The number of carbonyl (C=O) groups excluding carboxylic acids is 2. The summed E-state index contributed by atoms with van der Waals surface area (Å²) >= 11 is 0. The van der Waals surface area contributed by atoms with Gasteiger partial charge in [-0.3, -0.25) is 9.59 Å². The van der Waals surface area contributed by atoms with Gasteiger partial charge in [0, 0.05) is 31.9 Å². The van der Waals surface area contributed by atoms with E-state index in [2.05, 4.69) is 16.9 Å². The SMILES string of the molecule is CC(C)OC(=O)CN(CCO)C(=O)c1cnn(C2=CCC(OCCCN3CCC[C@H]3C)C=C2)c1. The average molecular weight is 475 g/mol. The van der Waals surface area contributed by atoms with Gasteiger partial charge in [-0.2, -0.15) is 5.10 Å². The first-order chi connectivity index (χ1) is 16.4. The maximum Gasteiger partial charge on any atom is 0.325 e. The Balaban J connectivity index is 1.48. The van der Waals surface area contributed by atoms with Crippen LogP contribution in [0.4, 0.5) is 0 Å². The predicted molar refractivity (Wildman–Crippen MR) is 129 cm³/mol. The van der Waals surface area contributed by atoms with Crippen LogP contribution in [0, 0.1) is 0 Å². The van der Waals surface area contributed by atoms with Crippen molar-refractivity contribution in [1.29, 1.82) is 0 Å².